The van der Waals surface area contributed by atoms with Gasteiger partial charge in [-0.2, -0.15) is 0 Å². The first-order valence-corrected chi connectivity index (χ1v) is 7.40. The van der Waals surface area contributed by atoms with Crippen molar-refractivity contribution in [2.24, 2.45) is 0 Å². The Morgan fingerprint density at radius 3 is 2.70 bits per heavy atom. The molecule has 0 aliphatic heterocycles. The molecule has 0 unspecified atom stereocenters. The van der Waals surface area contributed by atoms with Crippen molar-refractivity contribution in [3.05, 3.63) is 34.6 Å². The van der Waals surface area contributed by atoms with E-state index in [9.17, 15) is 0 Å². The SMILES string of the molecule is CNCCCN(C)Cc1nnc(-c2ccc(Br)cc2)o1. The lowest BCUT2D eigenvalue weighted by molar-refractivity contribution is 0.286. The predicted octanol–water partition coefficient (Wildman–Crippen LogP) is 2.54. The summed E-state index contributed by atoms with van der Waals surface area (Å²) in [5.41, 5.74) is 0.935. The zero-order valence-corrected chi connectivity index (χ0v) is 13.4. The van der Waals surface area contributed by atoms with Crippen molar-refractivity contribution in [1.82, 2.24) is 20.4 Å². The maximum Gasteiger partial charge on any atom is 0.247 e. The lowest BCUT2D eigenvalue weighted by Gasteiger charge is -2.13. The standard InChI is InChI=1S/C14H19BrN4O/c1-16-8-3-9-19(2)10-13-17-18-14(20-13)11-4-6-12(15)7-5-11/h4-7,16H,3,8-10H2,1-2H3. The number of benzene rings is 1. The van der Waals surface area contributed by atoms with E-state index < -0.39 is 0 Å². The summed E-state index contributed by atoms with van der Waals surface area (Å²) >= 11 is 3.41. The Morgan fingerprint density at radius 2 is 2.00 bits per heavy atom. The third kappa shape index (κ3) is 4.40. The zero-order chi connectivity index (χ0) is 14.4. The van der Waals surface area contributed by atoms with Gasteiger partial charge in [0.05, 0.1) is 6.54 Å². The van der Waals surface area contributed by atoms with Gasteiger partial charge in [0, 0.05) is 10.0 Å². The fourth-order valence-corrected chi connectivity index (χ4v) is 2.13. The monoisotopic (exact) mass is 338 g/mol. The van der Waals surface area contributed by atoms with Crippen LogP contribution in [0, 0.1) is 0 Å². The summed E-state index contributed by atoms with van der Waals surface area (Å²) in [6.45, 7) is 2.68. The molecular weight excluding hydrogens is 320 g/mol. The molecule has 5 nitrogen and oxygen atoms in total. The van der Waals surface area contributed by atoms with Gasteiger partial charge in [-0.3, -0.25) is 4.90 Å². The van der Waals surface area contributed by atoms with E-state index in [1.807, 2.05) is 31.3 Å². The number of halogens is 1. The third-order valence-electron chi connectivity index (χ3n) is 2.93. The van der Waals surface area contributed by atoms with Gasteiger partial charge in [0.2, 0.25) is 11.8 Å². The Kier molecular flexibility index (Phi) is 5.70. The maximum absolute atomic E-state index is 5.69. The summed E-state index contributed by atoms with van der Waals surface area (Å²) in [5, 5.41) is 11.3. The third-order valence-corrected chi connectivity index (χ3v) is 3.46. The van der Waals surface area contributed by atoms with Crippen LogP contribution in [0.5, 0.6) is 0 Å². The van der Waals surface area contributed by atoms with Gasteiger partial charge in [-0.25, -0.2) is 0 Å². The smallest absolute Gasteiger partial charge is 0.247 e. The first kappa shape index (κ1) is 15.2. The van der Waals surface area contributed by atoms with Gasteiger partial charge >= 0.3 is 0 Å². The fourth-order valence-electron chi connectivity index (χ4n) is 1.86. The molecule has 1 heterocycles. The van der Waals surface area contributed by atoms with E-state index >= 15 is 0 Å². The molecule has 0 fully saturated rings. The molecule has 0 radical (unpaired) electrons. The van der Waals surface area contributed by atoms with Gasteiger partial charge in [0.1, 0.15) is 0 Å². The van der Waals surface area contributed by atoms with Crippen LogP contribution in [0.15, 0.2) is 33.2 Å². The highest BCUT2D eigenvalue weighted by atomic mass is 79.9. The minimum atomic E-state index is 0.566. The average molecular weight is 339 g/mol. The minimum Gasteiger partial charge on any atom is -0.419 e. The Hall–Kier alpha value is -1.24. The first-order chi connectivity index (χ1) is 9.69. The van der Waals surface area contributed by atoms with E-state index in [0.717, 1.165) is 29.5 Å². The van der Waals surface area contributed by atoms with Crippen LogP contribution in [0.1, 0.15) is 12.3 Å². The Balaban J connectivity index is 1.93. The quantitative estimate of drug-likeness (QED) is 0.786. The van der Waals surface area contributed by atoms with Crippen LogP contribution in [0.3, 0.4) is 0 Å². The van der Waals surface area contributed by atoms with Crippen LogP contribution in [-0.2, 0) is 6.54 Å². The number of hydrogen-bond acceptors (Lipinski definition) is 5. The molecule has 0 atom stereocenters. The molecule has 1 aromatic carbocycles. The van der Waals surface area contributed by atoms with Gasteiger partial charge in [-0.15, -0.1) is 10.2 Å². The molecule has 2 aromatic rings. The van der Waals surface area contributed by atoms with Crippen molar-refractivity contribution in [1.29, 1.82) is 0 Å². The molecular formula is C14H19BrN4O. The molecule has 6 heteroatoms. The highest BCUT2D eigenvalue weighted by Crippen LogP contribution is 2.20. The number of nitrogens with one attached hydrogen (secondary N) is 1. The Labute approximate surface area is 127 Å². The second-order valence-corrected chi connectivity index (χ2v) is 5.62. The molecule has 108 valence electrons. The number of aromatic nitrogens is 2. The molecule has 1 N–H and O–H groups in total. The van der Waals surface area contributed by atoms with Crippen LogP contribution in [-0.4, -0.2) is 42.3 Å². The number of nitrogens with zero attached hydrogens (tertiary/aromatic N) is 3. The van der Waals surface area contributed by atoms with E-state index in [0.29, 0.717) is 18.3 Å². The summed E-state index contributed by atoms with van der Waals surface area (Å²) in [6.07, 6.45) is 1.10. The molecule has 0 aliphatic carbocycles. The van der Waals surface area contributed by atoms with Crippen molar-refractivity contribution in [3.63, 3.8) is 0 Å². The van der Waals surface area contributed by atoms with E-state index in [2.05, 4.69) is 43.4 Å². The lowest BCUT2D eigenvalue weighted by atomic mass is 10.2. The zero-order valence-electron chi connectivity index (χ0n) is 11.8. The highest BCUT2D eigenvalue weighted by Gasteiger charge is 2.10. The molecule has 20 heavy (non-hydrogen) atoms. The summed E-state index contributed by atoms with van der Waals surface area (Å²) in [5.74, 6) is 1.21. The molecule has 1 aromatic heterocycles. The minimum absolute atomic E-state index is 0.566. The molecule has 2 rings (SSSR count). The van der Waals surface area contributed by atoms with E-state index in [1.54, 1.807) is 0 Å². The summed E-state index contributed by atoms with van der Waals surface area (Å²) in [7, 11) is 4.02. The van der Waals surface area contributed by atoms with Crippen LogP contribution < -0.4 is 5.32 Å². The van der Waals surface area contributed by atoms with Crippen LogP contribution in [0.25, 0.3) is 11.5 Å². The van der Waals surface area contributed by atoms with Gasteiger partial charge in [-0.05, 0) is 57.9 Å². The molecule has 0 bridgehead atoms. The lowest BCUT2D eigenvalue weighted by Crippen LogP contribution is -2.22. The van der Waals surface area contributed by atoms with Crippen molar-refractivity contribution < 1.29 is 4.42 Å². The Bertz CT molecular complexity index is 526. The fraction of sp³-hybridized carbons (Fsp3) is 0.429. The second kappa shape index (κ2) is 7.52. The van der Waals surface area contributed by atoms with Crippen molar-refractivity contribution in [2.75, 3.05) is 27.2 Å². The van der Waals surface area contributed by atoms with Gasteiger partial charge in [0.15, 0.2) is 0 Å². The summed E-state index contributed by atoms with van der Waals surface area (Å²) in [4.78, 5) is 2.18. The van der Waals surface area contributed by atoms with Gasteiger partial charge < -0.3 is 9.73 Å². The highest BCUT2D eigenvalue weighted by molar-refractivity contribution is 9.10. The molecule has 0 saturated carbocycles. The first-order valence-electron chi connectivity index (χ1n) is 6.60. The van der Waals surface area contributed by atoms with Crippen LogP contribution in [0.4, 0.5) is 0 Å². The summed E-state index contributed by atoms with van der Waals surface area (Å²) in [6, 6.07) is 7.84. The van der Waals surface area contributed by atoms with Crippen molar-refractivity contribution in [3.8, 4) is 11.5 Å². The molecule has 0 aliphatic rings. The largest absolute Gasteiger partial charge is 0.419 e. The van der Waals surface area contributed by atoms with Crippen LogP contribution in [0.2, 0.25) is 0 Å². The van der Waals surface area contributed by atoms with Gasteiger partial charge in [0.25, 0.3) is 0 Å². The molecule has 0 amide bonds. The average Bonchev–Trinajstić information content (AvgIpc) is 2.88. The second-order valence-electron chi connectivity index (χ2n) is 4.70. The normalized spacial score (nSPS) is 11.2. The van der Waals surface area contributed by atoms with E-state index in [4.69, 9.17) is 4.42 Å². The number of rotatable bonds is 7. The van der Waals surface area contributed by atoms with E-state index in [1.165, 1.54) is 0 Å². The molecule has 0 saturated heterocycles. The van der Waals surface area contributed by atoms with Gasteiger partial charge in [-0.1, -0.05) is 15.9 Å². The number of hydrogen-bond donors (Lipinski definition) is 1. The Morgan fingerprint density at radius 1 is 1.25 bits per heavy atom. The topological polar surface area (TPSA) is 54.2 Å². The maximum atomic E-state index is 5.69. The predicted molar refractivity (Wildman–Crippen MR) is 82.3 cm³/mol. The van der Waals surface area contributed by atoms with Crippen LogP contribution >= 0.6 is 15.9 Å². The summed E-state index contributed by atoms with van der Waals surface area (Å²) < 4.78 is 6.72. The van der Waals surface area contributed by atoms with E-state index in [-0.39, 0.29) is 0 Å². The molecule has 0 spiro atoms. The van der Waals surface area contributed by atoms with Crippen molar-refractivity contribution >= 4 is 15.9 Å². The van der Waals surface area contributed by atoms with Crippen molar-refractivity contribution in [2.45, 2.75) is 13.0 Å².